The predicted octanol–water partition coefficient (Wildman–Crippen LogP) is 5.63. The summed E-state index contributed by atoms with van der Waals surface area (Å²) in [6.07, 6.45) is -5.63. The van der Waals surface area contributed by atoms with Crippen LogP contribution < -0.4 is 9.80 Å². The Bertz CT molecular complexity index is 855. The van der Waals surface area contributed by atoms with Gasteiger partial charge in [0.05, 0.1) is 18.4 Å². The molecule has 5 nitrogen and oxygen atoms in total. The summed E-state index contributed by atoms with van der Waals surface area (Å²) in [5, 5.41) is 10.2. The molecule has 0 heterocycles. The van der Waals surface area contributed by atoms with Crippen LogP contribution in [0.15, 0.2) is 34.8 Å². The van der Waals surface area contributed by atoms with Gasteiger partial charge in [-0.1, -0.05) is 22.0 Å². The zero-order valence-corrected chi connectivity index (χ0v) is 16.3. The number of hydrogen-bond acceptors (Lipinski definition) is 4. The summed E-state index contributed by atoms with van der Waals surface area (Å²) in [6.45, 7) is 2.94. The van der Waals surface area contributed by atoms with E-state index in [0.29, 0.717) is 15.6 Å². The fourth-order valence-corrected chi connectivity index (χ4v) is 2.82. The number of carbonyl (C=O) groups excluding carboxylic acids is 1. The van der Waals surface area contributed by atoms with Crippen molar-refractivity contribution in [2.45, 2.75) is 26.6 Å². The molecule has 0 saturated carbocycles. The number of rotatable bonds is 4. The van der Waals surface area contributed by atoms with Gasteiger partial charge in [0.15, 0.2) is 0 Å². The second-order valence-corrected chi connectivity index (χ2v) is 6.59. The largest absolute Gasteiger partial charge is 0.488 e. The number of alkyl halides is 3. The molecule has 2 aromatic carbocycles. The molecule has 0 fully saturated rings. The molecule has 9 heteroatoms. The zero-order chi connectivity index (χ0) is 20.4. The maximum Gasteiger partial charge on any atom is 0.438 e. The van der Waals surface area contributed by atoms with E-state index in [4.69, 9.17) is 4.74 Å². The molecule has 27 heavy (non-hydrogen) atoms. The number of hydroxylamine groups is 1. The van der Waals surface area contributed by atoms with Crippen LogP contribution in [0.25, 0.3) is 0 Å². The minimum Gasteiger partial charge on any atom is -0.488 e. The molecule has 0 aromatic heterocycles. The maximum absolute atomic E-state index is 13.3. The van der Waals surface area contributed by atoms with E-state index in [1.165, 1.54) is 12.1 Å². The molecule has 0 bridgehead atoms. The number of anilines is 1. The third-order valence-corrected chi connectivity index (χ3v) is 4.69. The summed E-state index contributed by atoms with van der Waals surface area (Å²) in [4.78, 5) is 11.6. The summed E-state index contributed by atoms with van der Waals surface area (Å²) in [7, 11) is 1.09. The highest BCUT2D eigenvalue weighted by molar-refractivity contribution is 9.10. The van der Waals surface area contributed by atoms with Gasteiger partial charge in [0, 0.05) is 10.0 Å². The maximum atomic E-state index is 13.3. The molecule has 0 saturated heterocycles. The van der Waals surface area contributed by atoms with Crippen LogP contribution in [0.5, 0.6) is 5.75 Å². The molecule has 2 rings (SSSR count). The zero-order valence-electron chi connectivity index (χ0n) is 14.7. The molecule has 0 aliphatic rings. The Morgan fingerprint density at radius 1 is 1.22 bits per heavy atom. The van der Waals surface area contributed by atoms with Crippen molar-refractivity contribution >= 4 is 27.7 Å². The second-order valence-electron chi connectivity index (χ2n) is 5.74. The average Bonchev–Trinajstić information content (AvgIpc) is 2.60. The average molecular weight is 448 g/mol. The van der Waals surface area contributed by atoms with E-state index in [2.05, 4.69) is 20.7 Å². The number of methoxy groups -OCH3 is 1. The number of carbonyl (C=O) groups is 1. The van der Waals surface area contributed by atoms with E-state index in [1.807, 2.05) is 0 Å². The lowest BCUT2D eigenvalue weighted by atomic mass is 10.0. The van der Waals surface area contributed by atoms with Gasteiger partial charge >= 0.3 is 12.3 Å². The van der Waals surface area contributed by atoms with Gasteiger partial charge in [0.25, 0.3) is 0 Å². The Morgan fingerprint density at radius 2 is 1.85 bits per heavy atom. The fourth-order valence-electron chi connectivity index (χ4n) is 2.35. The van der Waals surface area contributed by atoms with Crippen LogP contribution in [-0.2, 0) is 17.5 Å². The molecule has 1 N–H and O–H groups in total. The number of aryl methyl sites for hydroxylation is 2. The van der Waals surface area contributed by atoms with E-state index in [0.717, 1.165) is 13.2 Å². The first kappa shape index (κ1) is 21.0. The quantitative estimate of drug-likeness (QED) is 0.487. The molecule has 0 aliphatic carbocycles. The fraction of sp³-hybridized carbons (Fsp3) is 0.278. The van der Waals surface area contributed by atoms with Crippen molar-refractivity contribution in [3.63, 3.8) is 0 Å². The Morgan fingerprint density at radius 3 is 2.44 bits per heavy atom. The van der Waals surface area contributed by atoms with Crippen molar-refractivity contribution < 1.29 is 32.6 Å². The van der Waals surface area contributed by atoms with Gasteiger partial charge in [0.1, 0.15) is 12.4 Å². The van der Waals surface area contributed by atoms with Crippen LogP contribution in [0.1, 0.15) is 22.3 Å². The van der Waals surface area contributed by atoms with Gasteiger partial charge in [-0.25, -0.2) is 4.79 Å². The lowest BCUT2D eigenvalue weighted by Gasteiger charge is -2.20. The van der Waals surface area contributed by atoms with Crippen molar-refractivity contribution in [1.29, 1.82) is 0 Å². The Balaban J connectivity index is 2.41. The highest BCUT2D eigenvalue weighted by Gasteiger charge is 2.35. The van der Waals surface area contributed by atoms with Crippen LogP contribution in [0.3, 0.4) is 0 Å². The molecule has 0 spiro atoms. The lowest BCUT2D eigenvalue weighted by molar-refractivity contribution is -0.139. The molecular weight excluding hydrogens is 431 g/mol. The third kappa shape index (κ3) is 4.72. The molecule has 0 unspecified atom stereocenters. The predicted molar refractivity (Wildman–Crippen MR) is 96.1 cm³/mol. The Labute approximate surface area is 162 Å². The van der Waals surface area contributed by atoms with Crippen LogP contribution >= 0.6 is 15.9 Å². The van der Waals surface area contributed by atoms with Gasteiger partial charge < -0.3 is 9.47 Å². The number of amides is 1. The highest BCUT2D eigenvalue weighted by Crippen LogP contribution is 2.39. The topological polar surface area (TPSA) is 59.0 Å². The number of hydrogen-bond donors (Lipinski definition) is 1. The molecule has 2 aromatic rings. The number of nitrogens with zero attached hydrogens (tertiary/aromatic N) is 1. The normalized spacial score (nSPS) is 11.3. The molecule has 0 atom stereocenters. The first-order valence-electron chi connectivity index (χ1n) is 7.71. The van der Waals surface area contributed by atoms with Crippen molar-refractivity contribution in [3.8, 4) is 5.75 Å². The van der Waals surface area contributed by atoms with Crippen molar-refractivity contribution in [2.24, 2.45) is 0 Å². The smallest absolute Gasteiger partial charge is 0.438 e. The van der Waals surface area contributed by atoms with Crippen LogP contribution in [-0.4, -0.2) is 18.4 Å². The first-order chi connectivity index (χ1) is 12.6. The van der Waals surface area contributed by atoms with Gasteiger partial charge in [0.2, 0.25) is 0 Å². The second kappa shape index (κ2) is 8.18. The number of ether oxygens (including phenoxy) is 2. The summed E-state index contributed by atoms with van der Waals surface area (Å²) >= 11 is 3.25. The lowest BCUT2D eigenvalue weighted by Crippen LogP contribution is -2.28. The van der Waals surface area contributed by atoms with Gasteiger partial charge in [-0.15, -0.1) is 0 Å². The molecule has 1 amide bonds. The Kier molecular flexibility index (Phi) is 6.38. The monoisotopic (exact) mass is 447 g/mol. The van der Waals surface area contributed by atoms with E-state index in [-0.39, 0.29) is 28.7 Å². The summed E-state index contributed by atoms with van der Waals surface area (Å²) in [5.41, 5.74) is 0.533. The summed E-state index contributed by atoms with van der Waals surface area (Å²) in [5.74, 6) is -0.338. The SMILES string of the molecule is COC(=O)N(O)c1cccc(Br)c1COc1cc(C)c(C)cc1C(F)(F)F. The number of benzene rings is 2. The van der Waals surface area contributed by atoms with Crippen LogP contribution in [0.4, 0.5) is 23.7 Å². The van der Waals surface area contributed by atoms with Gasteiger partial charge in [-0.3, -0.25) is 5.21 Å². The van der Waals surface area contributed by atoms with E-state index < -0.39 is 17.8 Å². The molecule has 0 radical (unpaired) electrons. The first-order valence-corrected chi connectivity index (χ1v) is 8.51. The van der Waals surface area contributed by atoms with Crippen LogP contribution in [0.2, 0.25) is 0 Å². The van der Waals surface area contributed by atoms with E-state index in [9.17, 15) is 23.2 Å². The highest BCUT2D eigenvalue weighted by atomic mass is 79.9. The van der Waals surface area contributed by atoms with E-state index in [1.54, 1.807) is 26.0 Å². The standard InChI is InChI=1S/C18H17BrF3NO4/c1-10-7-13(18(20,21)22)16(8-11(10)2)27-9-12-14(19)5-4-6-15(12)23(25)17(24)26-3/h4-8,25H,9H2,1-3H3. The van der Waals surface area contributed by atoms with Crippen molar-refractivity contribution in [1.82, 2.24) is 0 Å². The van der Waals surface area contributed by atoms with Crippen molar-refractivity contribution in [3.05, 3.63) is 57.1 Å². The number of halogens is 4. The summed E-state index contributed by atoms with van der Waals surface area (Å²) in [6, 6.07) is 6.90. The van der Waals surface area contributed by atoms with Crippen molar-refractivity contribution in [2.75, 3.05) is 12.2 Å². The summed E-state index contributed by atoms with van der Waals surface area (Å²) < 4.78 is 50.3. The molecule has 0 aliphatic heterocycles. The minimum atomic E-state index is -4.58. The minimum absolute atomic E-state index is 0.0219. The third-order valence-electron chi connectivity index (χ3n) is 3.94. The molecular formula is C18H17BrF3NO4. The van der Waals surface area contributed by atoms with Crippen LogP contribution in [0, 0.1) is 13.8 Å². The van der Waals surface area contributed by atoms with E-state index >= 15 is 0 Å². The Hall–Kier alpha value is -2.26. The van der Waals surface area contributed by atoms with Gasteiger partial charge in [-0.05, 0) is 49.2 Å². The van der Waals surface area contributed by atoms with Gasteiger partial charge in [-0.2, -0.15) is 18.2 Å². The molecule has 146 valence electrons.